The number of carbonyl (C=O) groups is 2. The Bertz CT molecular complexity index is 368. The van der Waals surface area contributed by atoms with Crippen molar-refractivity contribution < 1.29 is 14.3 Å². The van der Waals surface area contributed by atoms with Crippen molar-refractivity contribution in [3.05, 3.63) is 0 Å². The van der Waals surface area contributed by atoms with Crippen molar-refractivity contribution in [3.8, 4) is 0 Å². The zero-order valence-corrected chi connectivity index (χ0v) is 12.2. The van der Waals surface area contributed by atoms with Crippen molar-refractivity contribution in [1.29, 1.82) is 0 Å². The number of hydrogen-bond donors (Lipinski definition) is 1. The SMILES string of the molecule is COC(=O)NN(C(=O)C1C2CCC(C2)[C@H]1C)C(C)C. The van der Waals surface area contributed by atoms with E-state index in [-0.39, 0.29) is 17.9 Å². The first kappa shape index (κ1) is 14.2. The van der Waals surface area contributed by atoms with Crippen molar-refractivity contribution >= 4 is 12.0 Å². The average molecular weight is 268 g/mol. The monoisotopic (exact) mass is 268 g/mol. The highest BCUT2D eigenvalue weighted by molar-refractivity contribution is 5.82. The number of methoxy groups -OCH3 is 1. The van der Waals surface area contributed by atoms with Crippen LogP contribution in [0.3, 0.4) is 0 Å². The molecule has 0 aliphatic heterocycles. The maximum absolute atomic E-state index is 12.7. The van der Waals surface area contributed by atoms with Gasteiger partial charge in [-0.3, -0.25) is 4.79 Å². The third kappa shape index (κ3) is 2.55. The van der Waals surface area contributed by atoms with E-state index in [2.05, 4.69) is 17.1 Å². The predicted molar refractivity (Wildman–Crippen MR) is 71.0 cm³/mol. The third-order valence-electron chi connectivity index (χ3n) is 4.77. The molecule has 0 aromatic carbocycles. The molecule has 2 fully saturated rings. The number of nitrogens with one attached hydrogen (secondary N) is 1. The van der Waals surface area contributed by atoms with Gasteiger partial charge in [-0.25, -0.2) is 15.2 Å². The van der Waals surface area contributed by atoms with Crippen LogP contribution in [-0.2, 0) is 9.53 Å². The van der Waals surface area contributed by atoms with Gasteiger partial charge >= 0.3 is 6.09 Å². The molecule has 0 aromatic rings. The molecule has 0 radical (unpaired) electrons. The Morgan fingerprint density at radius 1 is 1.26 bits per heavy atom. The van der Waals surface area contributed by atoms with E-state index in [0.29, 0.717) is 17.8 Å². The molecule has 2 saturated carbocycles. The third-order valence-corrected chi connectivity index (χ3v) is 4.77. The van der Waals surface area contributed by atoms with E-state index >= 15 is 0 Å². The Kier molecular flexibility index (Phi) is 4.02. The fraction of sp³-hybridized carbons (Fsp3) is 0.857. The molecule has 5 heteroatoms. The van der Waals surface area contributed by atoms with Crippen molar-refractivity contribution in [2.24, 2.45) is 23.7 Å². The van der Waals surface area contributed by atoms with E-state index < -0.39 is 6.09 Å². The molecule has 19 heavy (non-hydrogen) atoms. The van der Waals surface area contributed by atoms with Gasteiger partial charge in [0, 0.05) is 12.0 Å². The van der Waals surface area contributed by atoms with Gasteiger partial charge in [0.2, 0.25) is 5.91 Å². The molecule has 108 valence electrons. The molecule has 2 aliphatic rings. The van der Waals surface area contributed by atoms with Crippen molar-refractivity contribution in [3.63, 3.8) is 0 Å². The lowest BCUT2D eigenvalue weighted by Gasteiger charge is -2.34. The summed E-state index contributed by atoms with van der Waals surface area (Å²) in [7, 11) is 1.30. The molecule has 2 bridgehead atoms. The highest BCUT2D eigenvalue weighted by Gasteiger charge is 2.50. The fourth-order valence-corrected chi connectivity index (χ4v) is 3.75. The fourth-order valence-electron chi connectivity index (χ4n) is 3.75. The number of carbonyl (C=O) groups excluding carboxylic acids is 2. The van der Waals surface area contributed by atoms with Gasteiger partial charge in [0.1, 0.15) is 0 Å². The second kappa shape index (κ2) is 5.39. The number of fused-ring (bicyclic) bond motifs is 2. The van der Waals surface area contributed by atoms with Crippen LogP contribution in [-0.4, -0.2) is 30.2 Å². The normalized spacial score (nSPS) is 32.5. The number of hydrogen-bond acceptors (Lipinski definition) is 3. The second-order valence-electron chi connectivity index (χ2n) is 6.12. The van der Waals surface area contributed by atoms with Crippen LogP contribution in [0.5, 0.6) is 0 Å². The first-order valence-electron chi connectivity index (χ1n) is 7.13. The summed E-state index contributed by atoms with van der Waals surface area (Å²) in [5.41, 5.74) is 2.55. The molecule has 2 amide bonds. The molecule has 0 heterocycles. The summed E-state index contributed by atoms with van der Waals surface area (Å²) in [5.74, 6) is 1.70. The first-order chi connectivity index (χ1) is 8.95. The second-order valence-corrected chi connectivity index (χ2v) is 6.12. The molecule has 0 saturated heterocycles. The number of rotatable bonds is 2. The molecule has 5 nitrogen and oxygen atoms in total. The largest absolute Gasteiger partial charge is 0.452 e. The van der Waals surface area contributed by atoms with Gasteiger partial charge < -0.3 is 4.74 Å². The quantitative estimate of drug-likeness (QED) is 0.781. The molecular weight excluding hydrogens is 244 g/mol. The van der Waals surface area contributed by atoms with E-state index in [1.807, 2.05) is 13.8 Å². The van der Waals surface area contributed by atoms with Gasteiger partial charge in [0.15, 0.2) is 0 Å². The van der Waals surface area contributed by atoms with Crippen molar-refractivity contribution in [2.75, 3.05) is 7.11 Å². The summed E-state index contributed by atoms with van der Waals surface area (Å²) in [6.07, 6.45) is 2.98. The van der Waals surface area contributed by atoms with Gasteiger partial charge in [-0.1, -0.05) is 6.92 Å². The number of amides is 2. The number of ether oxygens (including phenoxy) is 1. The van der Waals surface area contributed by atoms with E-state index in [1.165, 1.54) is 25.0 Å². The van der Waals surface area contributed by atoms with Crippen LogP contribution in [0.1, 0.15) is 40.0 Å². The minimum atomic E-state index is -0.585. The average Bonchev–Trinajstić information content (AvgIpc) is 2.95. The number of hydrazine groups is 1. The van der Waals surface area contributed by atoms with Gasteiger partial charge in [-0.2, -0.15) is 0 Å². The Hall–Kier alpha value is -1.26. The zero-order valence-electron chi connectivity index (χ0n) is 12.2. The van der Waals surface area contributed by atoms with Crippen LogP contribution in [0.25, 0.3) is 0 Å². The lowest BCUT2D eigenvalue weighted by molar-refractivity contribution is -0.143. The Morgan fingerprint density at radius 2 is 1.89 bits per heavy atom. The topological polar surface area (TPSA) is 58.6 Å². The maximum Gasteiger partial charge on any atom is 0.425 e. The summed E-state index contributed by atoms with van der Waals surface area (Å²) in [6.45, 7) is 5.96. The van der Waals surface area contributed by atoms with E-state index in [1.54, 1.807) is 0 Å². The smallest absolute Gasteiger partial charge is 0.425 e. The van der Waals surface area contributed by atoms with E-state index in [4.69, 9.17) is 0 Å². The van der Waals surface area contributed by atoms with Crippen LogP contribution >= 0.6 is 0 Å². The van der Waals surface area contributed by atoms with Crippen LogP contribution < -0.4 is 5.43 Å². The summed E-state index contributed by atoms with van der Waals surface area (Å²) in [5, 5.41) is 1.44. The summed E-state index contributed by atoms with van der Waals surface area (Å²) in [6, 6.07) is -0.0714. The highest BCUT2D eigenvalue weighted by Crippen LogP contribution is 2.52. The van der Waals surface area contributed by atoms with Crippen LogP contribution in [0.2, 0.25) is 0 Å². The van der Waals surface area contributed by atoms with E-state index in [0.717, 1.165) is 6.42 Å². The predicted octanol–water partition coefficient (Wildman–Crippen LogP) is 2.18. The molecule has 0 spiro atoms. The van der Waals surface area contributed by atoms with Crippen LogP contribution in [0.4, 0.5) is 4.79 Å². The van der Waals surface area contributed by atoms with Crippen molar-refractivity contribution in [2.45, 2.75) is 46.1 Å². The van der Waals surface area contributed by atoms with E-state index in [9.17, 15) is 9.59 Å². The summed E-state index contributed by atoms with van der Waals surface area (Å²) >= 11 is 0. The van der Waals surface area contributed by atoms with Gasteiger partial charge in [-0.15, -0.1) is 0 Å². The summed E-state index contributed by atoms with van der Waals surface area (Å²) in [4.78, 5) is 24.1. The van der Waals surface area contributed by atoms with Crippen LogP contribution in [0.15, 0.2) is 0 Å². The van der Waals surface area contributed by atoms with Gasteiger partial charge in [-0.05, 0) is 50.9 Å². The minimum absolute atomic E-state index is 0.0418. The number of nitrogens with zero attached hydrogens (tertiary/aromatic N) is 1. The lowest BCUT2D eigenvalue weighted by atomic mass is 9.79. The van der Waals surface area contributed by atoms with Crippen molar-refractivity contribution in [1.82, 2.24) is 10.4 Å². The molecule has 4 atom stereocenters. The molecular formula is C14H24N2O3. The molecule has 0 aromatic heterocycles. The van der Waals surface area contributed by atoms with Gasteiger partial charge in [0.05, 0.1) is 7.11 Å². The molecule has 3 unspecified atom stereocenters. The molecule has 2 aliphatic carbocycles. The Morgan fingerprint density at radius 3 is 2.37 bits per heavy atom. The zero-order chi connectivity index (χ0) is 14.2. The standard InChI is InChI=1S/C14H24N2O3/c1-8(2)16(15-14(18)19-4)13(17)12-9(3)10-5-6-11(12)7-10/h8-12H,5-7H2,1-4H3,(H,15,18)/t9-,10?,11?,12?/m1/s1. The lowest BCUT2D eigenvalue weighted by Crippen LogP contribution is -2.53. The Labute approximate surface area is 114 Å². The maximum atomic E-state index is 12.7. The molecule has 2 rings (SSSR count). The highest BCUT2D eigenvalue weighted by atomic mass is 16.5. The minimum Gasteiger partial charge on any atom is -0.452 e. The van der Waals surface area contributed by atoms with Gasteiger partial charge in [0.25, 0.3) is 0 Å². The first-order valence-corrected chi connectivity index (χ1v) is 7.13. The molecule has 1 N–H and O–H groups in total. The van der Waals surface area contributed by atoms with Crippen LogP contribution in [0, 0.1) is 23.7 Å². The summed E-state index contributed by atoms with van der Waals surface area (Å²) < 4.78 is 4.59. The Balaban J connectivity index is 2.09.